The topological polar surface area (TPSA) is 42.2 Å². The predicted molar refractivity (Wildman–Crippen MR) is 83.7 cm³/mol. The summed E-state index contributed by atoms with van der Waals surface area (Å²) in [5.74, 6) is 0.759. The van der Waals surface area contributed by atoms with Crippen molar-refractivity contribution >= 4 is 34.6 Å². The Kier molecular flexibility index (Phi) is 4.35. The molecule has 2 N–H and O–H groups in total. The summed E-state index contributed by atoms with van der Waals surface area (Å²) in [5.41, 5.74) is 7.52. The van der Waals surface area contributed by atoms with Gasteiger partial charge in [-0.3, -0.25) is 0 Å². The van der Waals surface area contributed by atoms with E-state index in [0.717, 1.165) is 22.0 Å². The van der Waals surface area contributed by atoms with Gasteiger partial charge in [-0.2, -0.15) is 0 Å². The van der Waals surface area contributed by atoms with Crippen molar-refractivity contribution in [3.05, 3.63) is 58.7 Å². The zero-order valence-corrected chi connectivity index (χ0v) is 12.1. The van der Waals surface area contributed by atoms with E-state index >= 15 is 0 Å². The van der Waals surface area contributed by atoms with Gasteiger partial charge in [0, 0.05) is 24.8 Å². The summed E-state index contributed by atoms with van der Waals surface area (Å²) >= 11 is 11.2. The van der Waals surface area contributed by atoms with Gasteiger partial charge in [-0.15, -0.1) is 0 Å². The lowest BCUT2D eigenvalue weighted by Crippen LogP contribution is -2.22. The van der Waals surface area contributed by atoms with E-state index in [1.165, 1.54) is 0 Å². The fraction of sp³-hybridized carbons (Fsp3) is 0.143. The molecule has 0 spiro atoms. The van der Waals surface area contributed by atoms with E-state index in [0.29, 0.717) is 11.5 Å². The molecule has 2 aromatic rings. The van der Waals surface area contributed by atoms with Crippen LogP contribution in [0, 0.1) is 0 Å². The molecule has 1 aromatic heterocycles. The maximum absolute atomic E-state index is 6.16. The van der Waals surface area contributed by atoms with Gasteiger partial charge < -0.3 is 10.6 Å². The lowest BCUT2D eigenvalue weighted by atomic mass is 10.2. The number of nitrogens with zero attached hydrogens (tertiary/aromatic N) is 2. The molecule has 1 heterocycles. The number of hydrogen-bond donors (Lipinski definition) is 1. The number of hydrogen-bond acceptors (Lipinski definition) is 3. The zero-order chi connectivity index (χ0) is 13.8. The van der Waals surface area contributed by atoms with Crippen LogP contribution in [-0.4, -0.2) is 17.0 Å². The predicted octanol–water partition coefficient (Wildman–Crippen LogP) is 3.01. The van der Waals surface area contributed by atoms with Crippen LogP contribution in [0.1, 0.15) is 11.1 Å². The molecule has 0 fully saturated rings. The minimum atomic E-state index is 0.342. The highest BCUT2D eigenvalue weighted by molar-refractivity contribution is 7.80. The third kappa shape index (κ3) is 3.22. The largest absolute Gasteiger partial charge is 0.389 e. The quantitative estimate of drug-likeness (QED) is 0.880. The molecule has 3 nitrogen and oxygen atoms in total. The van der Waals surface area contributed by atoms with Crippen LogP contribution in [0.4, 0.5) is 5.82 Å². The average molecular weight is 292 g/mol. The second-order valence-corrected chi connectivity index (χ2v) is 5.03. The Balaban J connectivity index is 2.28. The van der Waals surface area contributed by atoms with Crippen LogP contribution in [0.25, 0.3) is 0 Å². The van der Waals surface area contributed by atoms with Gasteiger partial charge in [0.2, 0.25) is 0 Å². The number of pyridine rings is 1. The number of thiocarbonyl (C=S) groups is 1. The van der Waals surface area contributed by atoms with Gasteiger partial charge in [0.15, 0.2) is 0 Å². The van der Waals surface area contributed by atoms with Crippen LogP contribution in [0.15, 0.2) is 42.6 Å². The second kappa shape index (κ2) is 5.99. The molecule has 1 aromatic carbocycles. The molecule has 0 atom stereocenters. The van der Waals surface area contributed by atoms with Gasteiger partial charge in [0.1, 0.15) is 10.8 Å². The maximum atomic E-state index is 6.16. The molecule has 0 saturated heterocycles. The molecule has 2 rings (SSSR count). The van der Waals surface area contributed by atoms with E-state index in [9.17, 15) is 0 Å². The molecular formula is C14H14ClN3S. The van der Waals surface area contributed by atoms with Crippen molar-refractivity contribution in [2.75, 3.05) is 11.9 Å². The molecular weight excluding hydrogens is 278 g/mol. The first-order valence-electron chi connectivity index (χ1n) is 5.79. The van der Waals surface area contributed by atoms with E-state index in [4.69, 9.17) is 29.6 Å². The van der Waals surface area contributed by atoms with Gasteiger partial charge in [-0.05, 0) is 23.8 Å². The molecule has 0 amide bonds. The molecule has 0 aliphatic heterocycles. The number of aromatic nitrogens is 1. The summed E-state index contributed by atoms with van der Waals surface area (Å²) in [6, 6.07) is 11.4. The van der Waals surface area contributed by atoms with E-state index < -0.39 is 0 Å². The molecule has 0 radical (unpaired) electrons. The third-order valence-corrected chi connectivity index (χ3v) is 3.37. The van der Waals surface area contributed by atoms with Crippen LogP contribution in [0.5, 0.6) is 0 Å². The fourth-order valence-corrected chi connectivity index (χ4v) is 2.21. The summed E-state index contributed by atoms with van der Waals surface area (Å²) in [6.07, 6.45) is 1.72. The van der Waals surface area contributed by atoms with Crippen molar-refractivity contribution in [2.45, 2.75) is 6.54 Å². The Morgan fingerprint density at radius 3 is 2.74 bits per heavy atom. The molecule has 0 saturated carbocycles. The van der Waals surface area contributed by atoms with Gasteiger partial charge in [-0.1, -0.05) is 42.0 Å². The van der Waals surface area contributed by atoms with Gasteiger partial charge >= 0.3 is 0 Å². The normalized spacial score (nSPS) is 10.2. The van der Waals surface area contributed by atoms with Crippen LogP contribution >= 0.6 is 23.8 Å². The molecule has 0 aliphatic carbocycles. The highest BCUT2D eigenvalue weighted by atomic mass is 35.5. The van der Waals surface area contributed by atoms with E-state index in [1.54, 1.807) is 6.20 Å². The van der Waals surface area contributed by atoms with Crippen LogP contribution < -0.4 is 10.6 Å². The van der Waals surface area contributed by atoms with Crippen molar-refractivity contribution < 1.29 is 0 Å². The molecule has 0 bridgehead atoms. The number of anilines is 1. The molecule has 0 aliphatic rings. The standard InChI is InChI=1S/C14H14ClN3S/c1-18(9-10-5-2-3-7-12(10)15)14-11(13(16)19)6-4-8-17-14/h2-8H,9H2,1H3,(H2,16,19). The summed E-state index contributed by atoms with van der Waals surface area (Å²) in [4.78, 5) is 6.66. The minimum absolute atomic E-state index is 0.342. The maximum Gasteiger partial charge on any atom is 0.138 e. The van der Waals surface area contributed by atoms with E-state index in [2.05, 4.69) is 4.98 Å². The summed E-state index contributed by atoms with van der Waals surface area (Å²) in [5, 5.41) is 0.738. The lowest BCUT2D eigenvalue weighted by molar-refractivity contribution is 0.896. The molecule has 5 heteroatoms. The Labute approximate surface area is 123 Å². The van der Waals surface area contributed by atoms with Crippen molar-refractivity contribution in [1.29, 1.82) is 0 Å². The van der Waals surface area contributed by atoms with E-state index in [-0.39, 0.29) is 0 Å². The van der Waals surface area contributed by atoms with Crippen molar-refractivity contribution in [2.24, 2.45) is 5.73 Å². The monoisotopic (exact) mass is 291 g/mol. The minimum Gasteiger partial charge on any atom is -0.389 e. The van der Waals surface area contributed by atoms with Crippen LogP contribution in [-0.2, 0) is 6.54 Å². The van der Waals surface area contributed by atoms with Crippen molar-refractivity contribution in [1.82, 2.24) is 4.98 Å². The lowest BCUT2D eigenvalue weighted by Gasteiger charge is -2.21. The first-order valence-corrected chi connectivity index (χ1v) is 6.57. The Morgan fingerprint density at radius 2 is 2.05 bits per heavy atom. The van der Waals surface area contributed by atoms with Crippen molar-refractivity contribution in [3.63, 3.8) is 0 Å². The second-order valence-electron chi connectivity index (χ2n) is 4.19. The zero-order valence-electron chi connectivity index (χ0n) is 10.5. The highest BCUT2D eigenvalue weighted by Gasteiger charge is 2.12. The average Bonchev–Trinajstić information content (AvgIpc) is 2.41. The molecule has 0 unspecified atom stereocenters. The fourth-order valence-electron chi connectivity index (χ4n) is 1.85. The third-order valence-electron chi connectivity index (χ3n) is 2.78. The van der Waals surface area contributed by atoms with Gasteiger partial charge in [0.05, 0.1) is 5.56 Å². The van der Waals surface area contributed by atoms with Crippen molar-refractivity contribution in [3.8, 4) is 0 Å². The van der Waals surface area contributed by atoms with E-state index in [1.807, 2.05) is 48.3 Å². The summed E-state index contributed by atoms with van der Waals surface area (Å²) < 4.78 is 0. The van der Waals surface area contributed by atoms with Crippen LogP contribution in [0.2, 0.25) is 5.02 Å². The summed E-state index contributed by atoms with van der Waals surface area (Å²) in [7, 11) is 1.94. The van der Waals surface area contributed by atoms with Gasteiger partial charge in [0.25, 0.3) is 0 Å². The first-order chi connectivity index (χ1) is 9.09. The molecule has 98 valence electrons. The Hall–Kier alpha value is -1.65. The number of benzene rings is 1. The summed E-state index contributed by atoms with van der Waals surface area (Å²) in [6.45, 7) is 0.645. The number of halogens is 1. The van der Waals surface area contributed by atoms with Crippen LogP contribution in [0.3, 0.4) is 0 Å². The Bertz CT molecular complexity index is 601. The van der Waals surface area contributed by atoms with Gasteiger partial charge in [-0.25, -0.2) is 4.98 Å². The number of rotatable bonds is 4. The molecule has 19 heavy (non-hydrogen) atoms. The number of nitrogens with two attached hydrogens (primary N) is 1. The SMILES string of the molecule is CN(Cc1ccccc1Cl)c1ncccc1C(N)=S. The highest BCUT2D eigenvalue weighted by Crippen LogP contribution is 2.21. The Morgan fingerprint density at radius 1 is 1.32 bits per heavy atom. The smallest absolute Gasteiger partial charge is 0.138 e. The first kappa shape index (κ1) is 13.8.